The largest absolute Gasteiger partial charge is 0.396 e. The van der Waals surface area contributed by atoms with Crippen molar-refractivity contribution in [2.45, 2.75) is 32.1 Å². The van der Waals surface area contributed by atoms with Gasteiger partial charge in [-0.2, -0.15) is 8.42 Å². The maximum absolute atomic E-state index is 12.5. The Morgan fingerprint density at radius 1 is 1.28 bits per heavy atom. The first-order chi connectivity index (χ1) is 8.42. The molecule has 5 nitrogen and oxygen atoms in total. The Labute approximate surface area is 107 Å². The molecule has 106 valence electrons. The Kier molecular flexibility index (Phi) is 6.01. The highest BCUT2D eigenvalue weighted by atomic mass is 32.3. The van der Waals surface area contributed by atoms with Gasteiger partial charge in [0.2, 0.25) is 5.91 Å². The van der Waals surface area contributed by atoms with Gasteiger partial charge in [0.15, 0.2) is 0 Å². The first-order valence-corrected chi connectivity index (χ1v) is 7.78. The van der Waals surface area contributed by atoms with Gasteiger partial charge in [-0.3, -0.25) is 4.79 Å². The van der Waals surface area contributed by atoms with Crippen molar-refractivity contribution >= 4 is 16.1 Å². The van der Waals surface area contributed by atoms with Crippen LogP contribution >= 0.6 is 0 Å². The molecule has 7 heteroatoms. The van der Waals surface area contributed by atoms with E-state index in [0.717, 1.165) is 25.7 Å². The lowest BCUT2D eigenvalue weighted by Crippen LogP contribution is -2.27. The number of aliphatic hydroxyl groups is 1. The molecule has 0 aromatic heterocycles. The van der Waals surface area contributed by atoms with Gasteiger partial charge in [-0.1, -0.05) is 12.8 Å². The number of likely N-dealkylation sites (tertiary alicyclic amines) is 1. The van der Waals surface area contributed by atoms with Crippen LogP contribution < -0.4 is 0 Å². The molecule has 1 unspecified atom stereocenters. The van der Waals surface area contributed by atoms with E-state index in [2.05, 4.69) is 0 Å². The summed E-state index contributed by atoms with van der Waals surface area (Å²) in [4.78, 5) is 13.2. The highest BCUT2D eigenvalue weighted by Gasteiger charge is 2.32. The normalized spacial score (nSPS) is 20.7. The third kappa shape index (κ3) is 5.77. The van der Waals surface area contributed by atoms with Crippen LogP contribution in [0.3, 0.4) is 0 Å². The Balaban J connectivity index is 2.25. The van der Waals surface area contributed by atoms with Gasteiger partial charge in [-0.15, -0.1) is 3.89 Å². The summed E-state index contributed by atoms with van der Waals surface area (Å²) in [7, 11) is -4.49. The van der Waals surface area contributed by atoms with Crippen molar-refractivity contribution in [2.75, 3.05) is 25.4 Å². The van der Waals surface area contributed by atoms with Crippen LogP contribution in [0.4, 0.5) is 3.89 Å². The summed E-state index contributed by atoms with van der Waals surface area (Å²) < 4.78 is 33.5. The third-order valence-electron chi connectivity index (χ3n) is 3.07. The van der Waals surface area contributed by atoms with Crippen LogP contribution in [0, 0.1) is 5.92 Å². The maximum atomic E-state index is 12.5. The van der Waals surface area contributed by atoms with Crippen LogP contribution in [0.15, 0.2) is 0 Å². The number of amides is 1. The fourth-order valence-electron chi connectivity index (χ4n) is 2.23. The van der Waals surface area contributed by atoms with Crippen molar-refractivity contribution in [3.63, 3.8) is 0 Å². The molecule has 1 atom stereocenters. The standard InChI is InChI=1S/C11H20FNO4S/c12-18(16,17)9-10-7-11(15)13(8-10)5-3-1-2-4-6-14/h10,14H,1-9H2. The highest BCUT2D eigenvalue weighted by Crippen LogP contribution is 2.20. The predicted octanol–water partition coefficient (Wildman–Crippen LogP) is 0.687. The number of nitrogens with zero attached hydrogens (tertiary/aromatic N) is 1. The molecule has 0 aromatic rings. The molecule has 18 heavy (non-hydrogen) atoms. The van der Waals surface area contributed by atoms with E-state index < -0.39 is 21.9 Å². The van der Waals surface area contributed by atoms with E-state index in [1.807, 2.05) is 0 Å². The smallest absolute Gasteiger partial charge is 0.302 e. The molecular weight excluding hydrogens is 261 g/mol. The van der Waals surface area contributed by atoms with Crippen molar-refractivity contribution in [2.24, 2.45) is 5.92 Å². The number of carbonyl (C=O) groups excluding carboxylic acids is 1. The summed E-state index contributed by atoms with van der Waals surface area (Å²) in [6.07, 6.45) is 3.56. The lowest BCUT2D eigenvalue weighted by Gasteiger charge is -2.15. The zero-order valence-corrected chi connectivity index (χ0v) is 11.2. The van der Waals surface area contributed by atoms with Crippen LogP contribution in [-0.4, -0.2) is 49.8 Å². The molecule has 1 aliphatic heterocycles. The summed E-state index contributed by atoms with van der Waals surface area (Å²) >= 11 is 0. The molecule has 1 saturated heterocycles. The van der Waals surface area contributed by atoms with Crippen LogP contribution in [0.1, 0.15) is 32.1 Å². The van der Waals surface area contributed by atoms with Crippen molar-refractivity contribution in [3.8, 4) is 0 Å². The lowest BCUT2D eigenvalue weighted by atomic mass is 10.1. The molecule has 1 amide bonds. The topological polar surface area (TPSA) is 74.7 Å². The average molecular weight is 281 g/mol. The van der Waals surface area contributed by atoms with Crippen molar-refractivity contribution < 1.29 is 22.2 Å². The van der Waals surface area contributed by atoms with Crippen LogP contribution in [0.25, 0.3) is 0 Å². The number of carbonyl (C=O) groups is 1. The van der Waals surface area contributed by atoms with Gasteiger partial charge < -0.3 is 10.0 Å². The summed E-state index contributed by atoms with van der Waals surface area (Å²) in [5.74, 6) is -1.06. The molecule has 0 aromatic carbocycles. The van der Waals surface area contributed by atoms with Crippen LogP contribution in [0.2, 0.25) is 0 Å². The Bertz CT molecular complexity index is 371. The quantitative estimate of drug-likeness (QED) is 0.524. The summed E-state index contributed by atoms with van der Waals surface area (Å²) in [5.41, 5.74) is 0. The molecule has 0 bridgehead atoms. The Hall–Kier alpha value is -0.690. The first kappa shape index (κ1) is 15.4. The monoisotopic (exact) mass is 281 g/mol. The second-order valence-corrected chi connectivity index (χ2v) is 6.16. The van der Waals surface area contributed by atoms with Gasteiger partial charge in [0, 0.05) is 32.0 Å². The van der Waals surface area contributed by atoms with E-state index in [1.165, 1.54) is 0 Å². The van der Waals surface area contributed by atoms with Crippen LogP contribution in [-0.2, 0) is 15.0 Å². The molecule has 0 radical (unpaired) electrons. The first-order valence-electron chi connectivity index (χ1n) is 6.23. The van der Waals surface area contributed by atoms with E-state index >= 15 is 0 Å². The molecule has 0 spiro atoms. The molecule has 1 heterocycles. The van der Waals surface area contributed by atoms with E-state index in [9.17, 15) is 17.1 Å². The zero-order chi connectivity index (χ0) is 13.6. The highest BCUT2D eigenvalue weighted by molar-refractivity contribution is 7.86. The van der Waals surface area contributed by atoms with Crippen molar-refractivity contribution in [1.29, 1.82) is 0 Å². The van der Waals surface area contributed by atoms with Gasteiger partial charge in [0.05, 0.1) is 5.75 Å². The second kappa shape index (κ2) is 7.04. The number of rotatable bonds is 8. The number of hydrogen-bond acceptors (Lipinski definition) is 4. The van der Waals surface area contributed by atoms with E-state index in [4.69, 9.17) is 5.11 Å². The van der Waals surface area contributed by atoms with Gasteiger partial charge in [-0.05, 0) is 12.8 Å². The molecule has 1 rings (SSSR count). The average Bonchev–Trinajstić information content (AvgIpc) is 2.56. The van der Waals surface area contributed by atoms with E-state index in [1.54, 1.807) is 4.90 Å². The Morgan fingerprint density at radius 3 is 2.56 bits per heavy atom. The van der Waals surface area contributed by atoms with Crippen molar-refractivity contribution in [3.05, 3.63) is 0 Å². The number of aliphatic hydroxyl groups excluding tert-OH is 1. The minimum atomic E-state index is -4.49. The summed E-state index contributed by atoms with van der Waals surface area (Å²) in [6, 6.07) is 0. The number of unbranched alkanes of at least 4 members (excludes halogenated alkanes) is 3. The molecular formula is C11H20FNO4S. The van der Waals surface area contributed by atoms with Gasteiger partial charge in [0.1, 0.15) is 0 Å². The van der Waals surface area contributed by atoms with Gasteiger partial charge in [-0.25, -0.2) is 0 Å². The van der Waals surface area contributed by atoms with E-state index in [-0.39, 0.29) is 18.9 Å². The lowest BCUT2D eigenvalue weighted by molar-refractivity contribution is -0.127. The molecule has 0 saturated carbocycles. The maximum Gasteiger partial charge on any atom is 0.302 e. The SMILES string of the molecule is O=C1CC(CS(=O)(=O)F)CN1CCCCCCO. The Morgan fingerprint density at radius 2 is 1.94 bits per heavy atom. The van der Waals surface area contributed by atoms with Gasteiger partial charge in [0.25, 0.3) is 0 Å². The third-order valence-corrected chi connectivity index (χ3v) is 3.94. The zero-order valence-electron chi connectivity index (χ0n) is 10.3. The number of halogens is 1. The molecule has 1 aliphatic rings. The fourth-order valence-corrected chi connectivity index (χ4v) is 3.02. The number of hydrogen-bond donors (Lipinski definition) is 1. The van der Waals surface area contributed by atoms with Crippen LogP contribution in [0.5, 0.6) is 0 Å². The summed E-state index contributed by atoms with van der Waals surface area (Å²) in [6.45, 7) is 1.11. The van der Waals surface area contributed by atoms with Gasteiger partial charge >= 0.3 is 10.2 Å². The summed E-state index contributed by atoms with van der Waals surface area (Å²) in [5, 5.41) is 8.61. The molecule has 1 N–H and O–H groups in total. The minimum Gasteiger partial charge on any atom is -0.396 e. The molecule has 0 aliphatic carbocycles. The predicted molar refractivity (Wildman–Crippen MR) is 65.1 cm³/mol. The van der Waals surface area contributed by atoms with E-state index in [0.29, 0.717) is 13.1 Å². The second-order valence-electron chi connectivity index (χ2n) is 4.75. The fraction of sp³-hybridized carbons (Fsp3) is 0.909. The minimum absolute atomic E-state index is 0.0918. The van der Waals surface area contributed by atoms with Crippen molar-refractivity contribution in [1.82, 2.24) is 4.90 Å². The molecule has 1 fully saturated rings.